The molecule has 2 aromatic rings. The molecule has 0 saturated carbocycles. The van der Waals surface area contributed by atoms with E-state index in [0.717, 1.165) is 30.6 Å². The molecule has 1 aliphatic rings. The van der Waals surface area contributed by atoms with Crippen LogP contribution in [-0.4, -0.2) is 24.1 Å². The first kappa shape index (κ1) is 12.4. The molecule has 3 rings (SSSR count). The van der Waals surface area contributed by atoms with Crippen molar-refractivity contribution in [3.63, 3.8) is 0 Å². The van der Waals surface area contributed by atoms with Gasteiger partial charge in [0.05, 0.1) is 0 Å². The minimum Gasteiger partial charge on any atom is -0.380 e. The van der Waals surface area contributed by atoms with Crippen LogP contribution >= 0.6 is 0 Å². The molecule has 19 heavy (non-hydrogen) atoms. The van der Waals surface area contributed by atoms with Crippen LogP contribution in [0.1, 0.15) is 13.3 Å². The van der Waals surface area contributed by atoms with Crippen molar-refractivity contribution in [2.75, 3.05) is 18.4 Å². The predicted octanol–water partition coefficient (Wildman–Crippen LogP) is 2.78. The highest BCUT2D eigenvalue weighted by Gasteiger charge is 2.19. The third-order valence-electron chi connectivity index (χ3n) is 3.65. The Labute approximate surface area is 112 Å². The minimum absolute atomic E-state index is 0.267. The van der Waals surface area contributed by atoms with Gasteiger partial charge in [-0.1, -0.05) is 6.92 Å². The van der Waals surface area contributed by atoms with Crippen LogP contribution in [0.25, 0.3) is 10.9 Å². The summed E-state index contributed by atoms with van der Waals surface area (Å²) in [6.45, 7) is 4.26. The van der Waals surface area contributed by atoms with Gasteiger partial charge in [-0.3, -0.25) is 4.98 Å². The van der Waals surface area contributed by atoms with Crippen molar-refractivity contribution in [2.24, 2.45) is 5.92 Å². The number of pyridine rings is 1. The number of rotatable bonds is 2. The van der Waals surface area contributed by atoms with E-state index in [1.54, 1.807) is 12.3 Å². The molecule has 0 radical (unpaired) electrons. The summed E-state index contributed by atoms with van der Waals surface area (Å²) in [5, 5.41) is 7.77. The van der Waals surface area contributed by atoms with Crippen molar-refractivity contribution in [1.82, 2.24) is 10.3 Å². The first-order valence-electron chi connectivity index (χ1n) is 6.74. The van der Waals surface area contributed by atoms with Crippen LogP contribution < -0.4 is 10.6 Å². The number of halogens is 1. The fraction of sp³-hybridized carbons (Fsp3) is 0.400. The van der Waals surface area contributed by atoms with E-state index >= 15 is 0 Å². The quantitative estimate of drug-likeness (QED) is 0.870. The fourth-order valence-electron chi connectivity index (χ4n) is 2.75. The average Bonchev–Trinajstić information content (AvgIpc) is 2.42. The summed E-state index contributed by atoms with van der Waals surface area (Å²) in [4.78, 5) is 4.12. The van der Waals surface area contributed by atoms with Gasteiger partial charge in [0, 0.05) is 29.9 Å². The summed E-state index contributed by atoms with van der Waals surface area (Å²) in [6.07, 6.45) is 2.76. The SMILES string of the molecule is C[C@@H]1CNC[C@H](Nc2ccc(F)c3ncccc23)C1. The van der Waals surface area contributed by atoms with E-state index in [1.807, 2.05) is 12.1 Å². The third kappa shape index (κ3) is 2.54. The molecule has 100 valence electrons. The van der Waals surface area contributed by atoms with Gasteiger partial charge in [0.15, 0.2) is 0 Å². The van der Waals surface area contributed by atoms with Crippen molar-refractivity contribution in [3.8, 4) is 0 Å². The number of piperidine rings is 1. The van der Waals surface area contributed by atoms with Crippen LogP contribution in [0.5, 0.6) is 0 Å². The molecule has 0 aliphatic carbocycles. The van der Waals surface area contributed by atoms with Gasteiger partial charge in [-0.15, -0.1) is 0 Å². The van der Waals surface area contributed by atoms with Gasteiger partial charge in [-0.2, -0.15) is 0 Å². The molecule has 1 aromatic carbocycles. The van der Waals surface area contributed by atoms with E-state index in [2.05, 4.69) is 22.5 Å². The second kappa shape index (κ2) is 5.13. The lowest BCUT2D eigenvalue weighted by molar-refractivity contribution is 0.378. The number of benzene rings is 1. The van der Waals surface area contributed by atoms with E-state index < -0.39 is 0 Å². The lowest BCUT2D eigenvalue weighted by Crippen LogP contribution is -2.42. The van der Waals surface area contributed by atoms with Crippen LogP contribution in [0.15, 0.2) is 30.5 Å². The number of aromatic nitrogens is 1. The van der Waals surface area contributed by atoms with Gasteiger partial charge >= 0.3 is 0 Å². The summed E-state index contributed by atoms with van der Waals surface area (Å²) < 4.78 is 13.7. The normalized spacial score (nSPS) is 23.5. The predicted molar refractivity (Wildman–Crippen MR) is 75.8 cm³/mol. The maximum Gasteiger partial charge on any atom is 0.149 e. The molecule has 2 atom stereocenters. The highest BCUT2D eigenvalue weighted by Crippen LogP contribution is 2.26. The summed E-state index contributed by atoms with van der Waals surface area (Å²) >= 11 is 0. The van der Waals surface area contributed by atoms with Crippen molar-refractivity contribution < 1.29 is 4.39 Å². The van der Waals surface area contributed by atoms with Gasteiger partial charge < -0.3 is 10.6 Å². The number of fused-ring (bicyclic) bond motifs is 1. The van der Waals surface area contributed by atoms with Crippen molar-refractivity contribution in [2.45, 2.75) is 19.4 Å². The second-order valence-corrected chi connectivity index (χ2v) is 5.33. The molecule has 0 bridgehead atoms. The van der Waals surface area contributed by atoms with Gasteiger partial charge in [0.2, 0.25) is 0 Å². The maximum absolute atomic E-state index is 13.7. The molecule has 1 fully saturated rings. The van der Waals surface area contributed by atoms with E-state index in [0.29, 0.717) is 17.5 Å². The lowest BCUT2D eigenvalue weighted by Gasteiger charge is -2.29. The smallest absolute Gasteiger partial charge is 0.149 e. The number of hydrogen-bond acceptors (Lipinski definition) is 3. The molecule has 0 amide bonds. The molecule has 1 aromatic heterocycles. The Bertz CT molecular complexity index is 585. The molecule has 4 heteroatoms. The minimum atomic E-state index is -0.267. The highest BCUT2D eigenvalue weighted by molar-refractivity contribution is 5.91. The number of nitrogens with one attached hydrogen (secondary N) is 2. The Hall–Kier alpha value is -1.68. The third-order valence-corrected chi connectivity index (χ3v) is 3.65. The molecular weight excluding hydrogens is 241 g/mol. The Morgan fingerprint density at radius 1 is 1.32 bits per heavy atom. The van der Waals surface area contributed by atoms with Crippen LogP contribution in [0.4, 0.5) is 10.1 Å². The largest absolute Gasteiger partial charge is 0.380 e. The summed E-state index contributed by atoms with van der Waals surface area (Å²) in [5.41, 5.74) is 1.40. The average molecular weight is 259 g/mol. The Balaban J connectivity index is 1.90. The Morgan fingerprint density at radius 2 is 2.21 bits per heavy atom. The lowest BCUT2D eigenvalue weighted by atomic mass is 9.97. The van der Waals surface area contributed by atoms with E-state index in [9.17, 15) is 4.39 Å². The molecule has 2 heterocycles. The molecule has 1 aliphatic heterocycles. The monoisotopic (exact) mass is 259 g/mol. The zero-order chi connectivity index (χ0) is 13.2. The van der Waals surface area contributed by atoms with E-state index in [4.69, 9.17) is 0 Å². The summed E-state index contributed by atoms with van der Waals surface area (Å²) in [7, 11) is 0. The first-order valence-corrected chi connectivity index (χ1v) is 6.74. The fourth-order valence-corrected chi connectivity index (χ4v) is 2.75. The van der Waals surface area contributed by atoms with Crippen LogP contribution in [0.2, 0.25) is 0 Å². The van der Waals surface area contributed by atoms with E-state index in [-0.39, 0.29) is 5.82 Å². The molecule has 0 spiro atoms. The molecule has 0 unspecified atom stereocenters. The molecule has 1 saturated heterocycles. The maximum atomic E-state index is 13.7. The van der Waals surface area contributed by atoms with Gasteiger partial charge in [0.1, 0.15) is 11.3 Å². The van der Waals surface area contributed by atoms with Crippen LogP contribution in [0.3, 0.4) is 0 Å². The Morgan fingerprint density at radius 3 is 3.05 bits per heavy atom. The van der Waals surface area contributed by atoms with Crippen molar-refractivity contribution in [3.05, 3.63) is 36.3 Å². The second-order valence-electron chi connectivity index (χ2n) is 5.33. The van der Waals surface area contributed by atoms with Crippen LogP contribution in [-0.2, 0) is 0 Å². The highest BCUT2D eigenvalue weighted by atomic mass is 19.1. The zero-order valence-electron chi connectivity index (χ0n) is 11.0. The first-order chi connectivity index (χ1) is 9.24. The van der Waals surface area contributed by atoms with E-state index in [1.165, 1.54) is 6.07 Å². The summed E-state index contributed by atoms with van der Waals surface area (Å²) in [6, 6.07) is 7.43. The topological polar surface area (TPSA) is 37.0 Å². The standard InChI is InChI=1S/C15H18FN3/c1-10-7-11(9-17-8-10)19-14-5-4-13(16)15-12(14)3-2-6-18-15/h2-6,10-11,17,19H,7-9H2,1H3/t10-,11+/m0/s1. The number of nitrogens with zero attached hydrogens (tertiary/aromatic N) is 1. The Kier molecular flexibility index (Phi) is 3.34. The van der Waals surface area contributed by atoms with Gasteiger partial charge in [-0.05, 0) is 43.1 Å². The molecular formula is C15H18FN3. The summed E-state index contributed by atoms with van der Waals surface area (Å²) in [5.74, 6) is 0.396. The molecule has 3 nitrogen and oxygen atoms in total. The number of anilines is 1. The van der Waals surface area contributed by atoms with Gasteiger partial charge in [0.25, 0.3) is 0 Å². The van der Waals surface area contributed by atoms with Crippen LogP contribution in [0, 0.1) is 11.7 Å². The zero-order valence-corrected chi connectivity index (χ0v) is 11.0. The van der Waals surface area contributed by atoms with Gasteiger partial charge in [-0.25, -0.2) is 4.39 Å². The number of hydrogen-bond donors (Lipinski definition) is 2. The van der Waals surface area contributed by atoms with Crippen molar-refractivity contribution >= 4 is 16.6 Å². The van der Waals surface area contributed by atoms with Crippen molar-refractivity contribution in [1.29, 1.82) is 0 Å². The molecule has 2 N–H and O–H groups in total.